The molecule has 0 radical (unpaired) electrons. The third kappa shape index (κ3) is 2.22. The van der Waals surface area contributed by atoms with Crippen LogP contribution in [0.15, 0.2) is 18.3 Å². The Balaban J connectivity index is 2.86. The van der Waals surface area contributed by atoms with Crippen molar-refractivity contribution in [3.05, 3.63) is 35.0 Å². The van der Waals surface area contributed by atoms with Crippen molar-refractivity contribution in [3.8, 4) is 0 Å². The van der Waals surface area contributed by atoms with Gasteiger partial charge < -0.3 is 20.5 Å². The zero-order valence-corrected chi connectivity index (χ0v) is 11.1. The topological polar surface area (TPSA) is 88.5 Å². The van der Waals surface area contributed by atoms with E-state index in [0.29, 0.717) is 24.2 Å². The molecule has 19 heavy (non-hydrogen) atoms. The normalized spacial score (nSPS) is 12.8. The Kier molecular flexibility index (Phi) is 3.59. The zero-order valence-electron chi connectivity index (χ0n) is 11.1. The van der Waals surface area contributed by atoms with Gasteiger partial charge in [0.05, 0.1) is 17.2 Å². The number of rotatable bonds is 4. The molecule has 1 heterocycles. The highest BCUT2D eigenvalue weighted by atomic mass is 16.4. The van der Waals surface area contributed by atoms with Crippen molar-refractivity contribution in [2.75, 3.05) is 6.54 Å². The molecule has 0 aliphatic heterocycles. The third-order valence-electron chi connectivity index (χ3n) is 3.31. The van der Waals surface area contributed by atoms with Crippen molar-refractivity contribution in [1.29, 1.82) is 0 Å². The fourth-order valence-electron chi connectivity index (χ4n) is 2.44. The van der Waals surface area contributed by atoms with Gasteiger partial charge in [0.1, 0.15) is 0 Å². The predicted octanol–water partition coefficient (Wildman–Crippen LogP) is 1.66. The number of hydrogen-bond donors (Lipinski definition) is 3. The number of carboxylic acid groups (broad SMARTS) is 1. The molecule has 102 valence electrons. The maximum absolute atomic E-state index is 11.5. The molecule has 0 aliphatic carbocycles. The van der Waals surface area contributed by atoms with Crippen molar-refractivity contribution in [2.24, 2.45) is 5.73 Å². The van der Waals surface area contributed by atoms with Crippen LogP contribution in [0.25, 0.3) is 10.9 Å². The smallest absolute Gasteiger partial charge is 0.338 e. The summed E-state index contributed by atoms with van der Waals surface area (Å²) in [5.41, 5.74) is 7.91. The Morgan fingerprint density at radius 1 is 1.47 bits per heavy atom. The maximum Gasteiger partial charge on any atom is 0.338 e. The van der Waals surface area contributed by atoms with Gasteiger partial charge in [-0.25, -0.2) is 4.79 Å². The predicted molar refractivity (Wildman–Crippen MR) is 73.3 cm³/mol. The number of fused-ring (bicyclic) bond motifs is 1. The van der Waals surface area contributed by atoms with Crippen LogP contribution < -0.4 is 5.73 Å². The van der Waals surface area contributed by atoms with Gasteiger partial charge >= 0.3 is 5.97 Å². The van der Waals surface area contributed by atoms with Crippen LogP contribution in [0, 0.1) is 6.92 Å². The van der Waals surface area contributed by atoms with Crippen LogP contribution in [0.1, 0.15) is 34.5 Å². The molecule has 4 N–H and O–H groups in total. The molecule has 5 heteroatoms. The minimum absolute atomic E-state index is 0.276. The molecule has 2 aromatic rings. The highest BCUT2D eigenvalue weighted by Crippen LogP contribution is 2.30. The number of aliphatic hydroxyl groups is 1. The number of carboxylic acids is 1. The number of aliphatic hydroxyl groups excluding tert-OH is 1. The molecule has 0 fully saturated rings. The molecule has 5 nitrogen and oxygen atoms in total. The highest BCUT2D eigenvalue weighted by Gasteiger charge is 2.20. The Bertz CT molecular complexity index is 629. The first kappa shape index (κ1) is 13.6. The van der Waals surface area contributed by atoms with Crippen LogP contribution in [-0.2, 0) is 6.54 Å². The van der Waals surface area contributed by atoms with Crippen molar-refractivity contribution in [2.45, 2.75) is 26.5 Å². The van der Waals surface area contributed by atoms with E-state index in [1.54, 1.807) is 26.1 Å². The van der Waals surface area contributed by atoms with Crippen LogP contribution in [0.4, 0.5) is 0 Å². The fraction of sp³-hybridized carbons (Fsp3) is 0.357. The molecular formula is C14H18N2O3. The summed E-state index contributed by atoms with van der Waals surface area (Å²) in [6, 6.07) is 3.62. The van der Waals surface area contributed by atoms with E-state index in [2.05, 4.69) is 0 Å². The summed E-state index contributed by atoms with van der Waals surface area (Å²) in [4.78, 5) is 11.5. The minimum atomic E-state index is -0.961. The molecule has 1 aromatic carbocycles. The zero-order chi connectivity index (χ0) is 14.2. The molecule has 0 amide bonds. The van der Waals surface area contributed by atoms with Crippen LogP contribution in [0.3, 0.4) is 0 Å². The number of aromatic carboxylic acids is 1. The van der Waals surface area contributed by atoms with Gasteiger partial charge in [0.15, 0.2) is 0 Å². The fourth-order valence-corrected chi connectivity index (χ4v) is 2.44. The minimum Gasteiger partial charge on any atom is -0.478 e. The van der Waals surface area contributed by atoms with E-state index in [1.807, 2.05) is 10.6 Å². The van der Waals surface area contributed by atoms with Crippen molar-refractivity contribution >= 4 is 16.9 Å². The van der Waals surface area contributed by atoms with E-state index < -0.39 is 12.1 Å². The molecular weight excluding hydrogens is 244 g/mol. The largest absolute Gasteiger partial charge is 0.478 e. The first-order valence-corrected chi connectivity index (χ1v) is 6.21. The maximum atomic E-state index is 11.5. The lowest BCUT2D eigenvalue weighted by molar-refractivity contribution is 0.0698. The van der Waals surface area contributed by atoms with E-state index >= 15 is 0 Å². The lowest BCUT2D eigenvalue weighted by Gasteiger charge is -2.08. The SMILES string of the molecule is Cc1ccc2c(C(C)O)cn(CCN)c2c1C(=O)O. The second kappa shape index (κ2) is 5.03. The quantitative estimate of drug-likeness (QED) is 0.781. The van der Waals surface area contributed by atoms with Gasteiger partial charge in [0, 0.05) is 30.2 Å². The first-order valence-electron chi connectivity index (χ1n) is 6.21. The van der Waals surface area contributed by atoms with E-state index in [-0.39, 0.29) is 5.56 Å². The van der Waals surface area contributed by atoms with Crippen molar-refractivity contribution in [1.82, 2.24) is 4.57 Å². The van der Waals surface area contributed by atoms with Crippen molar-refractivity contribution < 1.29 is 15.0 Å². The van der Waals surface area contributed by atoms with Gasteiger partial charge in [-0.3, -0.25) is 0 Å². The number of aryl methyl sites for hydroxylation is 1. The number of benzene rings is 1. The van der Waals surface area contributed by atoms with Crippen LogP contribution in [0.2, 0.25) is 0 Å². The molecule has 0 saturated carbocycles. The lowest BCUT2D eigenvalue weighted by atomic mass is 10.0. The Hall–Kier alpha value is -1.85. The Morgan fingerprint density at radius 3 is 2.68 bits per heavy atom. The second-order valence-corrected chi connectivity index (χ2v) is 4.70. The number of nitrogens with two attached hydrogens (primary N) is 1. The Morgan fingerprint density at radius 2 is 2.16 bits per heavy atom. The van der Waals surface area contributed by atoms with Crippen molar-refractivity contribution in [3.63, 3.8) is 0 Å². The molecule has 0 spiro atoms. The molecule has 1 aromatic heterocycles. The molecule has 2 rings (SSSR count). The van der Waals surface area contributed by atoms with Gasteiger partial charge in [0.25, 0.3) is 0 Å². The standard InChI is InChI=1S/C14H18N2O3/c1-8-3-4-10-11(9(2)17)7-16(6-5-15)13(10)12(8)14(18)19/h3-4,7,9,17H,5-6,15H2,1-2H3,(H,18,19). The van der Waals surface area contributed by atoms with E-state index in [0.717, 1.165) is 10.9 Å². The summed E-state index contributed by atoms with van der Waals surface area (Å²) in [5.74, 6) is -0.961. The van der Waals surface area contributed by atoms with E-state index in [9.17, 15) is 15.0 Å². The van der Waals surface area contributed by atoms with Crippen LogP contribution in [0.5, 0.6) is 0 Å². The average molecular weight is 262 g/mol. The van der Waals surface area contributed by atoms with Gasteiger partial charge in [-0.05, 0) is 19.4 Å². The second-order valence-electron chi connectivity index (χ2n) is 4.70. The summed E-state index contributed by atoms with van der Waals surface area (Å²) >= 11 is 0. The van der Waals surface area contributed by atoms with E-state index in [4.69, 9.17) is 5.73 Å². The number of aromatic nitrogens is 1. The summed E-state index contributed by atoms with van der Waals surface area (Å²) in [5, 5.41) is 20.0. The van der Waals surface area contributed by atoms with Gasteiger partial charge in [-0.2, -0.15) is 0 Å². The summed E-state index contributed by atoms with van der Waals surface area (Å²) < 4.78 is 1.81. The number of carbonyl (C=O) groups is 1. The van der Waals surface area contributed by atoms with Gasteiger partial charge in [-0.15, -0.1) is 0 Å². The number of hydrogen-bond acceptors (Lipinski definition) is 3. The molecule has 1 atom stereocenters. The third-order valence-corrected chi connectivity index (χ3v) is 3.31. The van der Waals surface area contributed by atoms with Gasteiger partial charge in [-0.1, -0.05) is 12.1 Å². The summed E-state index contributed by atoms with van der Waals surface area (Å²) in [6.07, 6.45) is 1.14. The molecule has 0 saturated heterocycles. The molecule has 0 aliphatic rings. The van der Waals surface area contributed by atoms with Crippen LogP contribution in [-0.4, -0.2) is 27.3 Å². The monoisotopic (exact) mass is 262 g/mol. The average Bonchev–Trinajstić information content (AvgIpc) is 2.68. The summed E-state index contributed by atoms with van der Waals surface area (Å²) in [7, 11) is 0. The highest BCUT2D eigenvalue weighted by molar-refractivity contribution is 6.04. The molecule has 0 bridgehead atoms. The molecule has 1 unspecified atom stereocenters. The van der Waals surface area contributed by atoms with E-state index in [1.165, 1.54) is 0 Å². The van der Waals surface area contributed by atoms with Crippen LogP contribution >= 0.6 is 0 Å². The lowest BCUT2D eigenvalue weighted by Crippen LogP contribution is -2.11. The Labute approximate surface area is 111 Å². The van der Waals surface area contributed by atoms with Gasteiger partial charge in [0.2, 0.25) is 0 Å². The number of nitrogens with zero attached hydrogens (tertiary/aromatic N) is 1. The first-order chi connectivity index (χ1) is 8.97. The summed E-state index contributed by atoms with van der Waals surface area (Å²) in [6.45, 7) is 4.37.